The maximum atomic E-state index is 11.8. The molecule has 2 atom stereocenters. The third kappa shape index (κ3) is 2.74. The van der Waals surface area contributed by atoms with Crippen molar-refractivity contribution in [2.75, 3.05) is 14.2 Å². The van der Waals surface area contributed by atoms with Gasteiger partial charge in [-0.25, -0.2) is 9.59 Å². The molecule has 1 aromatic heterocycles. The van der Waals surface area contributed by atoms with Crippen LogP contribution in [0, 0.1) is 0 Å². The fourth-order valence-corrected chi connectivity index (χ4v) is 2.07. The smallest absolute Gasteiger partial charge is 0.338 e. The van der Waals surface area contributed by atoms with Crippen LogP contribution in [-0.2, 0) is 14.3 Å². The molecule has 3 N–H and O–H groups in total. The molecule has 0 saturated carbocycles. The second kappa shape index (κ2) is 5.94. The summed E-state index contributed by atoms with van der Waals surface area (Å²) < 4.78 is 9.07. The van der Waals surface area contributed by atoms with E-state index in [-0.39, 0.29) is 11.1 Å². The third-order valence-electron chi connectivity index (χ3n) is 3.18. The van der Waals surface area contributed by atoms with Crippen molar-refractivity contribution >= 4 is 22.8 Å². The van der Waals surface area contributed by atoms with Gasteiger partial charge in [0.2, 0.25) is 0 Å². The number of carbonyl (C=O) groups is 2. The van der Waals surface area contributed by atoms with E-state index in [2.05, 4.69) is 14.5 Å². The fraction of sp³-hybridized carbons (Fsp3) is 0.286. The largest absolute Gasteiger partial charge is 0.467 e. The van der Waals surface area contributed by atoms with Crippen LogP contribution in [0.4, 0.5) is 0 Å². The predicted octanol–water partition coefficient (Wildman–Crippen LogP) is 0.522. The number of methoxy groups -OCH3 is 2. The number of aliphatic hydroxyl groups is 2. The molecule has 0 saturated heterocycles. The van der Waals surface area contributed by atoms with E-state index in [0.717, 1.165) is 7.11 Å². The molecule has 0 aliphatic heterocycles. The van der Waals surface area contributed by atoms with Gasteiger partial charge in [0, 0.05) is 17.1 Å². The molecule has 0 aliphatic carbocycles. The summed E-state index contributed by atoms with van der Waals surface area (Å²) >= 11 is 0. The molecule has 1 aromatic carbocycles. The minimum atomic E-state index is -1.74. The molecule has 0 radical (unpaired) electrons. The Morgan fingerprint density at radius 1 is 1.19 bits per heavy atom. The van der Waals surface area contributed by atoms with Crippen molar-refractivity contribution in [2.45, 2.75) is 12.2 Å². The van der Waals surface area contributed by atoms with Crippen molar-refractivity contribution in [1.82, 2.24) is 4.98 Å². The molecule has 2 unspecified atom stereocenters. The molecule has 0 spiro atoms. The first-order chi connectivity index (χ1) is 9.99. The first-order valence-electron chi connectivity index (χ1n) is 6.13. The first kappa shape index (κ1) is 15.0. The number of aromatic amines is 1. The van der Waals surface area contributed by atoms with E-state index in [0.29, 0.717) is 10.9 Å². The Morgan fingerprint density at radius 2 is 1.90 bits per heavy atom. The molecule has 7 nitrogen and oxygen atoms in total. The van der Waals surface area contributed by atoms with E-state index in [1.807, 2.05) is 0 Å². The van der Waals surface area contributed by atoms with Gasteiger partial charge in [0.15, 0.2) is 6.10 Å². The number of hydrogen-bond donors (Lipinski definition) is 3. The lowest BCUT2D eigenvalue weighted by Crippen LogP contribution is -2.29. The minimum absolute atomic E-state index is 0.197. The summed E-state index contributed by atoms with van der Waals surface area (Å²) in [6, 6.07) is 4.60. The summed E-state index contributed by atoms with van der Waals surface area (Å²) in [5, 5.41) is 20.4. The monoisotopic (exact) mass is 293 g/mol. The second-order valence-electron chi connectivity index (χ2n) is 4.41. The number of esters is 2. The zero-order chi connectivity index (χ0) is 15.6. The topological polar surface area (TPSA) is 109 Å². The zero-order valence-corrected chi connectivity index (χ0v) is 11.5. The van der Waals surface area contributed by atoms with Gasteiger partial charge in [-0.3, -0.25) is 0 Å². The highest BCUT2D eigenvalue weighted by atomic mass is 16.5. The van der Waals surface area contributed by atoms with Gasteiger partial charge < -0.3 is 24.7 Å². The quantitative estimate of drug-likeness (QED) is 0.709. The molecule has 112 valence electrons. The fourth-order valence-electron chi connectivity index (χ4n) is 2.07. The number of carbonyl (C=O) groups excluding carboxylic acids is 2. The highest BCUT2D eigenvalue weighted by molar-refractivity contribution is 6.04. The van der Waals surface area contributed by atoms with Crippen LogP contribution in [0.5, 0.6) is 0 Å². The Kier molecular flexibility index (Phi) is 4.25. The summed E-state index contributed by atoms with van der Waals surface area (Å²) in [5.74, 6) is -1.55. The lowest BCUT2D eigenvalue weighted by molar-refractivity contribution is -0.156. The molecular formula is C14H15NO6. The number of H-pyrrole nitrogens is 1. The SMILES string of the molecule is COC(=O)c1cc(C(O)C(O)C(=O)OC)cc2[nH]ccc12. The molecule has 21 heavy (non-hydrogen) atoms. The zero-order valence-electron chi connectivity index (χ0n) is 11.5. The van der Waals surface area contributed by atoms with E-state index in [9.17, 15) is 19.8 Å². The Hall–Kier alpha value is -2.38. The van der Waals surface area contributed by atoms with Crippen LogP contribution in [0.3, 0.4) is 0 Å². The Balaban J connectivity index is 2.49. The summed E-state index contributed by atoms with van der Waals surface area (Å²) in [6.45, 7) is 0. The van der Waals surface area contributed by atoms with Gasteiger partial charge in [0.25, 0.3) is 0 Å². The Labute approximate surface area is 120 Å². The predicted molar refractivity (Wildman–Crippen MR) is 72.6 cm³/mol. The highest BCUT2D eigenvalue weighted by Crippen LogP contribution is 2.26. The maximum absolute atomic E-state index is 11.8. The summed E-state index contributed by atoms with van der Waals surface area (Å²) in [6.07, 6.45) is -1.63. The van der Waals surface area contributed by atoms with Crippen LogP contribution < -0.4 is 0 Å². The number of aliphatic hydroxyl groups excluding tert-OH is 2. The number of aromatic nitrogens is 1. The molecule has 7 heteroatoms. The average Bonchev–Trinajstić information content (AvgIpc) is 2.99. The van der Waals surface area contributed by atoms with Gasteiger partial charge in [-0.15, -0.1) is 0 Å². The second-order valence-corrected chi connectivity index (χ2v) is 4.41. The van der Waals surface area contributed by atoms with Crippen LogP contribution in [0.15, 0.2) is 24.4 Å². The van der Waals surface area contributed by atoms with Crippen LogP contribution in [0.2, 0.25) is 0 Å². The highest BCUT2D eigenvalue weighted by Gasteiger charge is 2.28. The number of nitrogens with one attached hydrogen (secondary N) is 1. The summed E-state index contributed by atoms with van der Waals surface area (Å²) in [7, 11) is 2.35. The third-order valence-corrected chi connectivity index (χ3v) is 3.18. The van der Waals surface area contributed by atoms with Crippen molar-refractivity contribution in [3.63, 3.8) is 0 Å². The van der Waals surface area contributed by atoms with Gasteiger partial charge in [-0.2, -0.15) is 0 Å². The lowest BCUT2D eigenvalue weighted by atomic mass is 9.99. The van der Waals surface area contributed by atoms with Crippen LogP contribution >= 0.6 is 0 Å². The number of benzene rings is 1. The van der Waals surface area contributed by atoms with Gasteiger partial charge in [-0.05, 0) is 23.8 Å². The molecule has 0 bridgehead atoms. The molecule has 0 amide bonds. The van der Waals surface area contributed by atoms with Gasteiger partial charge in [-0.1, -0.05) is 0 Å². The number of hydrogen-bond acceptors (Lipinski definition) is 6. The first-order valence-corrected chi connectivity index (χ1v) is 6.13. The maximum Gasteiger partial charge on any atom is 0.338 e. The molecular weight excluding hydrogens is 278 g/mol. The van der Waals surface area contributed by atoms with E-state index in [1.165, 1.54) is 13.2 Å². The Morgan fingerprint density at radius 3 is 2.52 bits per heavy atom. The van der Waals surface area contributed by atoms with Gasteiger partial charge in [0.1, 0.15) is 6.10 Å². The number of rotatable bonds is 4. The van der Waals surface area contributed by atoms with E-state index < -0.39 is 24.1 Å². The van der Waals surface area contributed by atoms with E-state index in [4.69, 9.17) is 0 Å². The molecule has 2 aromatic rings. The average molecular weight is 293 g/mol. The van der Waals surface area contributed by atoms with Gasteiger partial charge >= 0.3 is 11.9 Å². The van der Waals surface area contributed by atoms with Crippen molar-refractivity contribution < 1.29 is 29.3 Å². The van der Waals surface area contributed by atoms with Gasteiger partial charge in [0.05, 0.1) is 19.8 Å². The standard InChI is InChI=1S/C14H15NO6/c1-20-13(18)9-5-7(6-10-8(9)3-4-15-10)11(16)12(17)14(19)21-2/h3-6,11-12,15-17H,1-2H3. The summed E-state index contributed by atoms with van der Waals surface area (Å²) in [4.78, 5) is 26.0. The van der Waals surface area contributed by atoms with Crippen LogP contribution in [0.1, 0.15) is 22.0 Å². The molecule has 1 heterocycles. The number of ether oxygens (including phenoxy) is 2. The molecule has 0 aliphatic rings. The van der Waals surface area contributed by atoms with Crippen molar-refractivity contribution in [2.24, 2.45) is 0 Å². The minimum Gasteiger partial charge on any atom is -0.467 e. The van der Waals surface area contributed by atoms with Crippen LogP contribution in [-0.4, -0.2) is 47.5 Å². The normalized spacial score (nSPS) is 13.7. The van der Waals surface area contributed by atoms with Crippen molar-refractivity contribution in [3.8, 4) is 0 Å². The van der Waals surface area contributed by atoms with E-state index in [1.54, 1.807) is 18.3 Å². The molecule has 2 rings (SSSR count). The lowest BCUT2D eigenvalue weighted by Gasteiger charge is -2.17. The van der Waals surface area contributed by atoms with Crippen molar-refractivity contribution in [1.29, 1.82) is 0 Å². The van der Waals surface area contributed by atoms with Crippen LogP contribution in [0.25, 0.3) is 10.9 Å². The van der Waals surface area contributed by atoms with Crippen molar-refractivity contribution in [3.05, 3.63) is 35.5 Å². The summed E-state index contributed by atoms with van der Waals surface area (Å²) in [5.41, 5.74) is 0.995. The van der Waals surface area contributed by atoms with E-state index >= 15 is 0 Å². The Bertz CT molecular complexity index is 677. The molecule has 0 fully saturated rings. The number of fused-ring (bicyclic) bond motifs is 1.